The van der Waals surface area contributed by atoms with E-state index in [2.05, 4.69) is 172 Å². The Balaban J connectivity index is 0.00000208. The van der Waals surface area contributed by atoms with Gasteiger partial charge in [-0.1, -0.05) is 0 Å². The largest absolute Gasteiger partial charge is 1.00 e. The van der Waals surface area contributed by atoms with Gasteiger partial charge in [-0.05, 0) is 0 Å². The topological polar surface area (TPSA) is 9.23 Å². The number of rotatable bonds is 6. The van der Waals surface area contributed by atoms with Gasteiger partial charge in [0.2, 0.25) is 0 Å². The summed E-state index contributed by atoms with van der Waals surface area (Å²) in [4.78, 5) is 0. The van der Waals surface area contributed by atoms with Gasteiger partial charge in [0.25, 0.3) is 0 Å². The maximum absolute atomic E-state index is 6.66. The molecule has 46 heavy (non-hydrogen) atoms. The third-order valence-corrected chi connectivity index (χ3v) is 9.57. The Morgan fingerprint density at radius 1 is 0.478 bits per heavy atom. The van der Waals surface area contributed by atoms with Gasteiger partial charge in [-0.15, -0.1) is 0 Å². The van der Waals surface area contributed by atoms with E-state index in [1.807, 2.05) is 20.8 Å². The molecule has 0 unspecified atom stereocenters. The normalized spacial score (nSPS) is 12.4. The summed E-state index contributed by atoms with van der Waals surface area (Å²) in [5, 5.41) is 0. The van der Waals surface area contributed by atoms with Gasteiger partial charge < -0.3 is 24.8 Å². The van der Waals surface area contributed by atoms with Crippen LogP contribution < -0.4 is 28.1 Å². The summed E-state index contributed by atoms with van der Waals surface area (Å²) in [6, 6.07) is 55.4. The summed E-state index contributed by atoms with van der Waals surface area (Å²) >= 11 is 1.84. The molecule has 0 amide bonds. The molecular formula is C42H35Cl2OTi. The monoisotopic (exact) mass is 673 g/mol. The summed E-state index contributed by atoms with van der Waals surface area (Å²) in [6.45, 7) is 6.94. The standard InChI is InChI=1S/C42H36O.2ClH.Ti/c1-41(2,3)32-27-37(39-35-25-15-13-23-33(35)34-24-14-16-26-36(34)39)40(43)38(28-32)42(29-17-7-4-8-18-29,30-19-9-5-10-20-30)31-21-11-6-12-22-31;;;/h4-28,39,43H,1-3H3;2*1H;/q;;;+3/p-3. The summed E-state index contributed by atoms with van der Waals surface area (Å²) in [6.07, 6.45) is 0. The van der Waals surface area contributed by atoms with E-state index < -0.39 is 5.41 Å². The van der Waals surface area contributed by atoms with E-state index in [4.69, 9.17) is 3.32 Å². The second-order valence-electron chi connectivity index (χ2n) is 12.7. The van der Waals surface area contributed by atoms with E-state index in [9.17, 15) is 0 Å². The van der Waals surface area contributed by atoms with Gasteiger partial charge in [0.15, 0.2) is 0 Å². The SMILES string of the molecule is CC(C)(C)c1cc(C2c3ccccc3-c3ccccc32)c([O][Ti+2])c(C(c2ccccc2)(c2ccccc2)c2ccccc2)c1.[Cl-].[Cl-]. The number of halogens is 2. The Kier molecular flexibility index (Phi) is 10.0. The van der Waals surface area contributed by atoms with Crippen LogP contribution >= 0.6 is 0 Å². The summed E-state index contributed by atoms with van der Waals surface area (Å²) in [5.74, 6) is 0.990. The summed E-state index contributed by atoms with van der Waals surface area (Å²) < 4.78 is 6.66. The molecule has 0 atom stereocenters. The van der Waals surface area contributed by atoms with Crippen LogP contribution in [-0.4, -0.2) is 0 Å². The molecule has 0 aromatic heterocycles. The Hall–Kier alpha value is -3.59. The van der Waals surface area contributed by atoms with Crippen molar-refractivity contribution in [3.8, 4) is 16.9 Å². The third-order valence-electron chi connectivity index (χ3n) is 9.25. The average Bonchev–Trinajstić information content (AvgIpc) is 3.40. The maximum Gasteiger partial charge on any atom is -1.00 e. The second kappa shape index (κ2) is 13.6. The molecule has 227 valence electrons. The van der Waals surface area contributed by atoms with Crippen molar-refractivity contribution in [2.45, 2.75) is 37.5 Å². The molecule has 7 rings (SSSR count). The Labute approximate surface area is 297 Å². The maximum atomic E-state index is 6.66. The molecule has 0 fully saturated rings. The molecule has 0 N–H and O–H groups in total. The quantitative estimate of drug-likeness (QED) is 0.188. The Morgan fingerprint density at radius 3 is 1.26 bits per heavy atom. The summed E-state index contributed by atoms with van der Waals surface area (Å²) in [7, 11) is 0. The van der Waals surface area contributed by atoms with Gasteiger partial charge in [0.05, 0.1) is 0 Å². The van der Waals surface area contributed by atoms with E-state index in [-0.39, 0.29) is 36.1 Å². The first-order chi connectivity index (χ1) is 21.4. The number of benzene rings is 6. The molecule has 1 aliphatic carbocycles. The van der Waals surface area contributed by atoms with Crippen LogP contribution in [0.5, 0.6) is 5.75 Å². The van der Waals surface area contributed by atoms with Crippen molar-refractivity contribution >= 4 is 0 Å². The first-order valence-corrected chi connectivity index (χ1v) is 16.0. The fourth-order valence-electron chi connectivity index (χ4n) is 7.21. The fourth-order valence-corrected chi connectivity index (χ4v) is 7.57. The minimum Gasteiger partial charge on any atom is -1.00 e. The molecule has 0 spiro atoms. The van der Waals surface area contributed by atoms with E-state index in [1.54, 1.807) is 0 Å². The van der Waals surface area contributed by atoms with Gasteiger partial charge in [0.1, 0.15) is 0 Å². The van der Waals surface area contributed by atoms with Gasteiger partial charge in [-0.25, -0.2) is 0 Å². The van der Waals surface area contributed by atoms with Crippen molar-refractivity contribution < 1.29 is 49.0 Å². The van der Waals surface area contributed by atoms with Crippen LogP contribution in [-0.2, 0) is 31.7 Å². The van der Waals surface area contributed by atoms with Crippen molar-refractivity contribution in [3.63, 3.8) is 0 Å². The Morgan fingerprint density at radius 2 is 0.870 bits per heavy atom. The van der Waals surface area contributed by atoms with Crippen molar-refractivity contribution in [1.29, 1.82) is 0 Å². The molecule has 1 nitrogen and oxygen atoms in total. The minimum absolute atomic E-state index is 0. The van der Waals surface area contributed by atoms with Crippen LogP contribution in [0.25, 0.3) is 11.1 Å². The van der Waals surface area contributed by atoms with Crippen LogP contribution in [0.3, 0.4) is 0 Å². The zero-order valence-electron chi connectivity index (χ0n) is 26.2. The van der Waals surface area contributed by atoms with Crippen molar-refractivity contribution in [2.24, 2.45) is 0 Å². The number of hydrogen-bond donors (Lipinski definition) is 0. The van der Waals surface area contributed by atoms with Gasteiger partial charge in [-0.2, -0.15) is 0 Å². The predicted molar refractivity (Wildman–Crippen MR) is 177 cm³/mol. The van der Waals surface area contributed by atoms with Crippen LogP contribution in [0.4, 0.5) is 0 Å². The number of hydrogen-bond acceptors (Lipinski definition) is 1. The fraction of sp³-hybridized carbons (Fsp3) is 0.143. The minimum atomic E-state index is -0.622. The van der Waals surface area contributed by atoms with Crippen LogP contribution in [0, 0.1) is 0 Å². The molecule has 0 heterocycles. The predicted octanol–water partition coefficient (Wildman–Crippen LogP) is 4.38. The molecule has 0 bridgehead atoms. The van der Waals surface area contributed by atoms with E-state index in [1.165, 1.54) is 50.1 Å². The van der Waals surface area contributed by atoms with E-state index in [0.29, 0.717) is 0 Å². The summed E-state index contributed by atoms with van der Waals surface area (Å²) in [5.41, 5.74) is 11.8. The molecule has 0 radical (unpaired) electrons. The van der Waals surface area contributed by atoms with Crippen LogP contribution in [0.2, 0.25) is 0 Å². The van der Waals surface area contributed by atoms with Crippen LogP contribution in [0.15, 0.2) is 152 Å². The third kappa shape index (κ3) is 5.54. The zero-order valence-corrected chi connectivity index (χ0v) is 29.2. The molecule has 4 heteroatoms. The molecule has 0 aliphatic heterocycles. The zero-order chi connectivity index (χ0) is 30.3. The Bertz CT molecular complexity index is 1790. The van der Waals surface area contributed by atoms with Gasteiger partial charge in [-0.3, -0.25) is 0 Å². The molecular weight excluding hydrogens is 639 g/mol. The van der Waals surface area contributed by atoms with Crippen molar-refractivity contribution in [1.82, 2.24) is 0 Å². The molecule has 6 aromatic carbocycles. The van der Waals surface area contributed by atoms with E-state index in [0.717, 1.165) is 11.3 Å². The molecule has 6 aromatic rings. The first kappa shape index (κ1) is 33.8. The second-order valence-corrected chi connectivity index (χ2v) is 13.1. The number of fused-ring (bicyclic) bond motifs is 3. The van der Waals surface area contributed by atoms with Crippen molar-refractivity contribution in [2.75, 3.05) is 0 Å². The van der Waals surface area contributed by atoms with E-state index >= 15 is 0 Å². The van der Waals surface area contributed by atoms with Crippen molar-refractivity contribution in [3.05, 3.63) is 196 Å². The van der Waals surface area contributed by atoms with Gasteiger partial charge >= 0.3 is 275 Å². The molecule has 0 saturated heterocycles. The molecule has 0 saturated carbocycles. The molecule has 1 aliphatic rings. The van der Waals surface area contributed by atoms with Crippen LogP contribution in [0.1, 0.15) is 71.2 Å². The van der Waals surface area contributed by atoms with Gasteiger partial charge in [0, 0.05) is 0 Å². The average molecular weight is 675 g/mol. The smallest absolute Gasteiger partial charge is 1.00 e. The first-order valence-electron chi connectivity index (χ1n) is 15.3.